The van der Waals surface area contributed by atoms with Crippen molar-refractivity contribution in [3.63, 3.8) is 0 Å². The average Bonchev–Trinajstić information content (AvgIpc) is 3.20. The highest BCUT2D eigenvalue weighted by molar-refractivity contribution is 6.31. The van der Waals surface area contributed by atoms with Crippen molar-refractivity contribution < 1.29 is 14.0 Å². The molecule has 1 unspecified atom stereocenters. The maximum atomic E-state index is 13.0. The second-order valence-electron chi connectivity index (χ2n) is 6.12. The molecule has 27 heavy (non-hydrogen) atoms. The number of fused-ring (bicyclic) bond motifs is 1. The van der Waals surface area contributed by atoms with E-state index in [0.29, 0.717) is 22.0 Å². The zero-order valence-corrected chi connectivity index (χ0v) is 14.9. The molecule has 3 aromatic rings. The number of furan rings is 1. The van der Waals surface area contributed by atoms with E-state index in [0.717, 1.165) is 5.56 Å². The standard InChI is InChI=1S/C20H16ClN3O3/c21-14-8-9-16-15(12-14)20(26)24(19(22-16)17-7-4-10-27-17)23-18(25)11-13-5-2-1-3-6-13/h1-10,12,19,22H,11H2,(H,23,25). The van der Waals surface area contributed by atoms with E-state index < -0.39 is 6.17 Å². The summed E-state index contributed by atoms with van der Waals surface area (Å²) in [4.78, 5) is 25.6. The molecule has 0 fully saturated rings. The first-order chi connectivity index (χ1) is 13.1. The molecule has 0 radical (unpaired) electrons. The molecule has 6 nitrogen and oxygen atoms in total. The highest BCUT2D eigenvalue weighted by Crippen LogP contribution is 2.33. The van der Waals surface area contributed by atoms with Gasteiger partial charge in [0.2, 0.25) is 5.91 Å². The Labute approximate surface area is 160 Å². The van der Waals surface area contributed by atoms with E-state index in [2.05, 4.69) is 10.7 Å². The van der Waals surface area contributed by atoms with Crippen molar-refractivity contribution >= 4 is 29.1 Å². The summed E-state index contributed by atoms with van der Waals surface area (Å²) in [7, 11) is 0. The van der Waals surface area contributed by atoms with Gasteiger partial charge in [-0.25, -0.2) is 5.01 Å². The Bertz CT molecular complexity index is 973. The van der Waals surface area contributed by atoms with Gasteiger partial charge < -0.3 is 9.73 Å². The molecule has 0 aliphatic carbocycles. The molecule has 0 saturated carbocycles. The summed E-state index contributed by atoms with van der Waals surface area (Å²) >= 11 is 6.03. The minimum atomic E-state index is -0.666. The average molecular weight is 382 g/mol. The second kappa shape index (κ2) is 7.17. The normalized spacial score (nSPS) is 15.8. The molecule has 1 aliphatic heterocycles. The quantitative estimate of drug-likeness (QED) is 0.721. The van der Waals surface area contributed by atoms with Crippen LogP contribution in [0, 0.1) is 0 Å². The zero-order chi connectivity index (χ0) is 18.8. The first-order valence-corrected chi connectivity index (χ1v) is 8.76. The van der Waals surface area contributed by atoms with Crippen molar-refractivity contribution in [2.75, 3.05) is 5.32 Å². The van der Waals surface area contributed by atoms with Crippen LogP contribution in [0.1, 0.15) is 27.8 Å². The van der Waals surface area contributed by atoms with Crippen LogP contribution in [0.2, 0.25) is 5.02 Å². The number of hydrogen-bond donors (Lipinski definition) is 2. The highest BCUT2D eigenvalue weighted by atomic mass is 35.5. The Morgan fingerprint density at radius 1 is 1.15 bits per heavy atom. The van der Waals surface area contributed by atoms with Gasteiger partial charge in [0, 0.05) is 10.7 Å². The summed E-state index contributed by atoms with van der Waals surface area (Å²) in [5.41, 5.74) is 4.55. The Morgan fingerprint density at radius 3 is 2.70 bits per heavy atom. The van der Waals surface area contributed by atoms with Crippen molar-refractivity contribution in [2.45, 2.75) is 12.6 Å². The molecule has 1 atom stereocenters. The molecule has 136 valence electrons. The second-order valence-corrected chi connectivity index (χ2v) is 6.56. The number of carbonyl (C=O) groups is 2. The van der Waals surface area contributed by atoms with E-state index in [4.69, 9.17) is 16.0 Å². The van der Waals surface area contributed by atoms with Crippen molar-refractivity contribution in [3.8, 4) is 0 Å². The number of hydrazine groups is 1. The lowest BCUT2D eigenvalue weighted by molar-refractivity contribution is -0.125. The molecule has 1 aromatic heterocycles. The third-order valence-corrected chi connectivity index (χ3v) is 4.48. The van der Waals surface area contributed by atoms with Gasteiger partial charge in [-0.1, -0.05) is 41.9 Å². The number of rotatable bonds is 4. The van der Waals surface area contributed by atoms with Crippen LogP contribution in [0.4, 0.5) is 5.69 Å². The Kier molecular flexibility index (Phi) is 4.56. The van der Waals surface area contributed by atoms with E-state index in [9.17, 15) is 9.59 Å². The van der Waals surface area contributed by atoms with Crippen LogP contribution in [0.15, 0.2) is 71.3 Å². The fourth-order valence-corrected chi connectivity index (χ4v) is 3.17. The number of halogens is 1. The zero-order valence-electron chi connectivity index (χ0n) is 14.2. The fourth-order valence-electron chi connectivity index (χ4n) is 2.99. The third kappa shape index (κ3) is 3.52. The molecule has 4 rings (SSSR count). The van der Waals surface area contributed by atoms with Crippen molar-refractivity contribution in [2.24, 2.45) is 0 Å². The van der Waals surface area contributed by atoms with E-state index in [1.54, 1.807) is 30.3 Å². The summed E-state index contributed by atoms with van der Waals surface area (Å²) in [5.74, 6) is -0.170. The van der Waals surface area contributed by atoms with Gasteiger partial charge in [0.1, 0.15) is 5.76 Å². The van der Waals surface area contributed by atoms with Crippen molar-refractivity contribution in [1.82, 2.24) is 10.4 Å². The van der Waals surface area contributed by atoms with Gasteiger partial charge in [-0.15, -0.1) is 0 Å². The van der Waals surface area contributed by atoms with E-state index in [1.807, 2.05) is 30.3 Å². The van der Waals surface area contributed by atoms with Crippen LogP contribution in [-0.2, 0) is 11.2 Å². The Hall–Kier alpha value is -3.25. The first kappa shape index (κ1) is 17.2. The SMILES string of the molecule is O=C(Cc1ccccc1)NN1C(=O)c2cc(Cl)ccc2NC1c1ccco1. The minimum Gasteiger partial charge on any atom is -0.465 e. The predicted octanol–water partition coefficient (Wildman–Crippen LogP) is 3.77. The molecule has 0 spiro atoms. The molecule has 2 amide bonds. The molecule has 2 aromatic carbocycles. The number of nitrogens with one attached hydrogen (secondary N) is 2. The molecule has 0 bridgehead atoms. The molecular formula is C20H16ClN3O3. The van der Waals surface area contributed by atoms with Gasteiger partial charge in [-0.05, 0) is 35.9 Å². The van der Waals surface area contributed by atoms with Crippen LogP contribution in [0.5, 0.6) is 0 Å². The summed E-state index contributed by atoms with van der Waals surface area (Å²) in [6.45, 7) is 0. The topological polar surface area (TPSA) is 74.6 Å². The van der Waals surface area contributed by atoms with Gasteiger partial charge in [-0.3, -0.25) is 15.0 Å². The third-order valence-electron chi connectivity index (χ3n) is 4.25. The summed E-state index contributed by atoms with van der Waals surface area (Å²) in [6.07, 6.45) is 1.00. The molecule has 7 heteroatoms. The lowest BCUT2D eigenvalue weighted by Gasteiger charge is -2.36. The number of anilines is 1. The number of nitrogens with zero attached hydrogens (tertiary/aromatic N) is 1. The summed E-state index contributed by atoms with van der Waals surface area (Å²) in [6, 6.07) is 17.8. The van der Waals surface area contributed by atoms with Crippen LogP contribution in [0.25, 0.3) is 0 Å². The predicted molar refractivity (Wildman–Crippen MR) is 101 cm³/mol. The van der Waals surface area contributed by atoms with Crippen LogP contribution >= 0.6 is 11.6 Å². The minimum absolute atomic E-state index is 0.151. The lowest BCUT2D eigenvalue weighted by Crippen LogP contribution is -2.53. The van der Waals surface area contributed by atoms with Gasteiger partial charge >= 0.3 is 0 Å². The van der Waals surface area contributed by atoms with Crippen LogP contribution in [0.3, 0.4) is 0 Å². The van der Waals surface area contributed by atoms with Crippen molar-refractivity contribution in [1.29, 1.82) is 0 Å². The molecular weight excluding hydrogens is 366 g/mol. The van der Waals surface area contributed by atoms with Gasteiger partial charge in [-0.2, -0.15) is 0 Å². The fraction of sp³-hybridized carbons (Fsp3) is 0.100. The first-order valence-electron chi connectivity index (χ1n) is 8.38. The maximum absolute atomic E-state index is 13.0. The van der Waals surface area contributed by atoms with Crippen LogP contribution < -0.4 is 10.7 Å². The molecule has 0 saturated heterocycles. The van der Waals surface area contributed by atoms with Gasteiger partial charge in [0.05, 0.1) is 18.2 Å². The number of carbonyl (C=O) groups excluding carboxylic acids is 2. The maximum Gasteiger partial charge on any atom is 0.276 e. The number of hydrogen-bond acceptors (Lipinski definition) is 4. The Balaban J connectivity index is 1.63. The molecule has 2 N–H and O–H groups in total. The molecule has 1 aliphatic rings. The number of amides is 2. The largest absolute Gasteiger partial charge is 0.465 e. The lowest BCUT2D eigenvalue weighted by atomic mass is 10.1. The number of benzene rings is 2. The highest BCUT2D eigenvalue weighted by Gasteiger charge is 2.36. The van der Waals surface area contributed by atoms with E-state index in [1.165, 1.54) is 11.3 Å². The summed E-state index contributed by atoms with van der Waals surface area (Å²) < 4.78 is 5.46. The molecule has 2 heterocycles. The van der Waals surface area contributed by atoms with Crippen LogP contribution in [-0.4, -0.2) is 16.8 Å². The summed E-state index contributed by atoms with van der Waals surface area (Å²) in [5, 5.41) is 4.89. The Morgan fingerprint density at radius 2 is 1.96 bits per heavy atom. The smallest absolute Gasteiger partial charge is 0.276 e. The van der Waals surface area contributed by atoms with E-state index in [-0.39, 0.29) is 18.2 Å². The van der Waals surface area contributed by atoms with E-state index >= 15 is 0 Å². The monoisotopic (exact) mass is 381 g/mol. The van der Waals surface area contributed by atoms with Crippen molar-refractivity contribution in [3.05, 3.63) is 88.8 Å². The van der Waals surface area contributed by atoms with Gasteiger partial charge in [0.15, 0.2) is 6.17 Å². The van der Waals surface area contributed by atoms with Gasteiger partial charge in [0.25, 0.3) is 5.91 Å².